The van der Waals surface area contributed by atoms with Crippen molar-refractivity contribution in [2.45, 2.75) is 72.1 Å². The maximum atomic E-state index is 11.7. The second-order valence-corrected chi connectivity index (χ2v) is 6.26. The summed E-state index contributed by atoms with van der Waals surface area (Å²) in [5, 5.41) is 8.88. The zero-order valence-electron chi connectivity index (χ0n) is 13.2. The summed E-state index contributed by atoms with van der Waals surface area (Å²) in [6.45, 7) is 6.78. The largest absolute Gasteiger partial charge is 0.395 e. The van der Waals surface area contributed by atoms with E-state index in [2.05, 4.69) is 32.6 Å². The lowest BCUT2D eigenvalue weighted by Crippen LogP contribution is -2.15. The number of rotatable bonds is 4. The van der Waals surface area contributed by atoms with E-state index in [9.17, 15) is 4.79 Å². The first kappa shape index (κ1) is 17.0. The molecule has 0 aromatic carbocycles. The summed E-state index contributed by atoms with van der Waals surface area (Å²) in [5.41, 5.74) is 2.67. The summed E-state index contributed by atoms with van der Waals surface area (Å²) in [5.74, 6) is 6.73. The molecule has 0 aromatic heterocycles. The second-order valence-electron chi connectivity index (χ2n) is 6.26. The van der Waals surface area contributed by atoms with Gasteiger partial charge in [0.1, 0.15) is 5.78 Å². The molecule has 0 amide bonds. The molecule has 0 bridgehead atoms. The lowest BCUT2D eigenvalue weighted by atomic mass is 9.77. The summed E-state index contributed by atoms with van der Waals surface area (Å²) in [4.78, 5) is 11.7. The van der Waals surface area contributed by atoms with E-state index in [0.717, 1.165) is 32.1 Å². The molecule has 0 heterocycles. The van der Waals surface area contributed by atoms with Crippen LogP contribution in [-0.2, 0) is 4.79 Å². The predicted octanol–water partition coefficient (Wildman–Crippen LogP) is 4.03. The third-order valence-corrected chi connectivity index (χ3v) is 4.12. The standard InChI is InChI=1S/C18H28O2/c1-4-5-8-15(9-6-7-14-19)17-11-10-16(20)12-13-18(17,2)3/h19H,4-5,7-8,10-14H2,1-3H3/b17-15+. The number of carbonyl (C=O) groups excluding carboxylic acids is 1. The van der Waals surface area contributed by atoms with Crippen LogP contribution in [0.3, 0.4) is 0 Å². The first-order valence-corrected chi connectivity index (χ1v) is 7.85. The van der Waals surface area contributed by atoms with Gasteiger partial charge in [-0.05, 0) is 31.1 Å². The van der Waals surface area contributed by atoms with Gasteiger partial charge in [-0.25, -0.2) is 0 Å². The van der Waals surface area contributed by atoms with Crippen molar-refractivity contribution in [1.29, 1.82) is 0 Å². The molecule has 0 aliphatic heterocycles. The number of aliphatic hydroxyl groups is 1. The highest BCUT2D eigenvalue weighted by Gasteiger charge is 2.29. The fourth-order valence-electron chi connectivity index (χ4n) is 2.76. The van der Waals surface area contributed by atoms with Crippen LogP contribution in [0, 0.1) is 17.3 Å². The monoisotopic (exact) mass is 276 g/mol. The fraction of sp³-hybridized carbons (Fsp3) is 0.722. The molecule has 2 nitrogen and oxygen atoms in total. The van der Waals surface area contributed by atoms with Gasteiger partial charge in [0.15, 0.2) is 0 Å². The molecule has 1 aliphatic rings. The molecule has 1 fully saturated rings. The van der Waals surface area contributed by atoms with Crippen LogP contribution in [0.15, 0.2) is 11.1 Å². The number of allylic oxidation sites excluding steroid dienone is 2. The number of Topliss-reactive ketones (excluding diaryl/α,β-unsaturated/α-hetero) is 1. The van der Waals surface area contributed by atoms with Gasteiger partial charge < -0.3 is 5.11 Å². The third kappa shape index (κ3) is 5.13. The van der Waals surface area contributed by atoms with Crippen LogP contribution < -0.4 is 0 Å². The van der Waals surface area contributed by atoms with E-state index in [4.69, 9.17) is 5.11 Å². The normalized spacial score (nSPS) is 20.9. The highest BCUT2D eigenvalue weighted by molar-refractivity contribution is 5.79. The molecule has 2 heteroatoms. The van der Waals surface area contributed by atoms with Crippen molar-refractivity contribution in [2.24, 2.45) is 5.41 Å². The molecule has 0 spiro atoms. The molecule has 1 saturated carbocycles. The summed E-state index contributed by atoms with van der Waals surface area (Å²) in [7, 11) is 0. The summed E-state index contributed by atoms with van der Waals surface area (Å²) in [6, 6.07) is 0. The van der Waals surface area contributed by atoms with Gasteiger partial charge in [0, 0.05) is 24.8 Å². The van der Waals surface area contributed by atoms with Crippen LogP contribution >= 0.6 is 0 Å². The van der Waals surface area contributed by atoms with E-state index in [1.165, 1.54) is 11.1 Å². The molecule has 0 unspecified atom stereocenters. The zero-order valence-corrected chi connectivity index (χ0v) is 13.2. The van der Waals surface area contributed by atoms with Gasteiger partial charge in [-0.3, -0.25) is 4.79 Å². The quantitative estimate of drug-likeness (QED) is 0.622. The van der Waals surface area contributed by atoms with Crippen LogP contribution in [0.25, 0.3) is 0 Å². The van der Waals surface area contributed by atoms with Gasteiger partial charge in [0.05, 0.1) is 6.61 Å². The van der Waals surface area contributed by atoms with Crippen LogP contribution in [0.5, 0.6) is 0 Å². The lowest BCUT2D eigenvalue weighted by Gasteiger charge is -2.27. The van der Waals surface area contributed by atoms with E-state index in [1.54, 1.807) is 0 Å². The van der Waals surface area contributed by atoms with Crippen molar-refractivity contribution in [2.75, 3.05) is 6.61 Å². The first-order valence-electron chi connectivity index (χ1n) is 7.85. The molecule has 0 radical (unpaired) electrons. The molecular weight excluding hydrogens is 248 g/mol. The number of unbranched alkanes of at least 4 members (excludes halogenated alkanes) is 1. The second kappa shape index (κ2) is 8.27. The summed E-state index contributed by atoms with van der Waals surface area (Å²) < 4.78 is 0. The Balaban J connectivity index is 3.08. The molecule has 112 valence electrons. The molecule has 1 rings (SSSR count). The average Bonchev–Trinajstić information content (AvgIpc) is 2.54. The van der Waals surface area contributed by atoms with Gasteiger partial charge in [-0.15, -0.1) is 0 Å². The first-order chi connectivity index (χ1) is 9.51. The number of hydrogen-bond donors (Lipinski definition) is 1. The van der Waals surface area contributed by atoms with Crippen molar-refractivity contribution < 1.29 is 9.90 Å². The minimum absolute atomic E-state index is 0.0725. The lowest BCUT2D eigenvalue weighted by molar-refractivity contribution is -0.119. The number of hydrogen-bond acceptors (Lipinski definition) is 2. The maximum Gasteiger partial charge on any atom is 0.133 e. The Kier molecular flexibility index (Phi) is 7.02. The Morgan fingerprint density at radius 3 is 2.70 bits per heavy atom. The van der Waals surface area contributed by atoms with Gasteiger partial charge in [0.25, 0.3) is 0 Å². The van der Waals surface area contributed by atoms with Crippen LogP contribution in [0.1, 0.15) is 72.1 Å². The molecule has 1 N–H and O–H groups in total. The zero-order chi connectivity index (χ0) is 15.0. The molecule has 20 heavy (non-hydrogen) atoms. The van der Waals surface area contributed by atoms with E-state index in [-0.39, 0.29) is 12.0 Å². The Hall–Kier alpha value is -1.07. The number of carbonyl (C=O) groups is 1. The van der Waals surface area contributed by atoms with Crippen LogP contribution in [0.4, 0.5) is 0 Å². The Morgan fingerprint density at radius 1 is 1.30 bits per heavy atom. The van der Waals surface area contributed by atoms with Crippen LogP contribution in [-0.4, -0.2) is 17.5 Å². The Bertz CT molecular complexity index is 418. The van der Waals surface area contributed by atoms with Gasteiger partial charge in [-0.2, -0.15) is 0 Å². The highest BCUT2D eigenvalue weighted by atomic mass is 16.2. The van der Waals surface area contributed by atoms with Crippen LogP contribution in [0.2, 0.25) is 0 Å². The highest BCUT2D eigenvalue weighted by Crippen LogP contribution is 2.40. The minimum Gasteiger partial charge on any atom is -0.395 e. The van der Waals surface area contributed by atoms with Gasteiger partial charge >= 0.3 is 0 Å². The smallest absolute Gasteiger partial charge is 0.133 e. The molecule has 0 saturated heterocycles. The third-order valence-electron chi connectivity index (χ3n) is 4.12. The molecule has 0 aromatic rings. The van der Waals surface area contributed by atoms with E-state index >= 15 is 0 Å². The van der Waals surface area contributed by atoms with E-state index < -0.39 is 0 Å². The van der Waals surface area contributed by atoms with E-state index in [1.807, 2.05) is 0 Å². The summed E-state index contributed by atoms with van der Waals surface area (Å²) in [6.07, 6.45) is 6.97. The molecular formula is C18H28O2. The van der Waals surface area contributed by atoms with Crippen molar-refractivity contribution in [3.63, 3.8) is 0 Å². The van der Waals surface area contributed by atoms with Gasteiger partial charge in [-0.1, -0.05) is 44.6 Å². The average molecular weight is 276 g/mol. The van der Waals surface area contributed by atoms with Crippen molar-refractivity contribution in [3.8, 4) is 11.8 Å². The van der Waals surface area contributed by atoms with E-state index in [0.29, 0.717) is 25.0 Å². The van der Waals surface area contributed by atoms with Crippen molar-refractivity contribution in [3.05, 3.63) is 11.1 Å². The Labute approximate surface area is 123 Å². The summed E-state index contributed by atoms with van der Waals surface area (Å²) >= 11 is 0. The van der Waals surface area contributed by atoms with Gasteiger partial charge in [0.2, 0.25) is 0 Å². The minimum atomic E-state index is 0.0725. The maximum absolute atomic E-state index is 11.7. The van der Waals surface area contributed by atoms with Crippen molar-refractivity contribution in [1.82, 2.24) is 0 Å². The predicted molar refractivity (Wildman–Crippen MR) is 83.3 cm³/mol. The molecule has 1 aliphatic carbocycles. The Morgan fingerprint density at radius 2 is 2.05 bits per heavy atom. The SMILES string of the molecule is CCCC/C(C#CCCO)=C1/CCC(=O)CCC1(C)C. The number of aliphatic hydroxyl groups excluding tert-OH is 1. The topological polar surface area (TPSA) is 37.3 Å². The van der Waals surface area contributed by atoms with Crippen molar-refractivity contribution >= 4 is 5.78 Å². The number of ketones is 1. The fourth-order valence-corrected chi connectivity index (χ4v) is 2.76. The molecule has 0 atom stereocenters.